The molecule has 6 heteroatoms. The van der Waals surface area contributed by atoms with Crippen LogP contribution in [0.2, 0.25) is 0 Å². The Morgan fingerprint density at radius 2 is 1.63 bits per heavy atom. The van der Waals surface area contributed by atoms with Crippen LogP contribution in [-0.2, 0) is 16.0 Å². The van der Waals surface area contributed by atoms with E-state index in [-0.39, 0.29) is 17.9 Å². The van der Waals surface area contributed by atoms with Gasteiger partial charge < -0.3 is 10.2 Å². The lowest BCUT2D eigenvalue weighted by Crippen LogP contribution is -2.55. The molecule has 0 aliphatic carbocycles. The summed E-state index contributed by atoms with van der Waals surface area (Å²) in [6.07, 6.45) is 0.887. The number of amides is 2. The minimum Gasteiger partial charge on any atom is -0.325 e. The van der Waals surface area contributed by atoms with Crippen molar-refractivity contribution >= 4 is 23.2 Å². The Morgan fingerprint density at radius 3 is 2.30 bits per heavy atom. The Morgan fingerprint density at radius 1 is 1.00 bits per heavy atom. The lowest BCUT2D eigenvalue weighted by atomic mass is 10.1. The van der Waals surface area contributed by atoms with Crippen molar-refractivity contribution in [1.82, 2.24) is 9.80 Å². The maximum atomic E-state index is 12.9. The minimum absolute atomic E-state index is 0.0114. The van der Waals surface area contributed by atoms with E-state index in [4.69, 9.17) is 0 Å². The van der Waals surface area contributed by atoms with Crippen molar-refractivity contribution in [1.29, 1.82) is 0 Å². The van der Waals surface area contributed by atoms with Gasteiger partial charge in [0.05, 0.1) is 12.6 Å². The molecule has 0 bridgehead atoms. The number of hydrogen-bond donors (Lipinski definition) is 1. The number of nitrogens with zero attached hydrogens (tertiary/aromatic N) is 3. The number of rotatable bonds is 7. The number of hydrogen-bond acceptors (Lipinski definition) is 4. The normalized spacial score (nSPS) is 16.1. The predicted molar refractivity (Wildman–Crippen MR) is 122 cm³/mol. The highest BCUT2D eigenvalue weighted by atomic mass is 16.2. The zero-order valence-electron chi connectivity index (χ0n) is 18.2. The first-order chi connectivity index (χ1) is 14.5. The first-order valence-electron chi connectivity index (χ1n) is 10.7. The number of aryl methyl sites for hydroxylation is 1. The molecule has 0 saturated carbocycles. The van der Waals surface area contributed by atoms with Crippen molar-refractivity contribution in [3.8, 4) is 0 Å². The van der Waals surface area contributed by atoms with Crippen LogP contribution in [0.4, 0.5) is 11.4 Å². The van der Waals surface area contributed by atoms with Crippen LogP contribution in [0.3, 0.4) is 0 Å². The number of nitrogens with one attached hydrogen (secondary N) is 1. The number of carbonyl (C=O) groups is 2. The molecule has 6 nitrogen and oxygen atoms in total. The Bertz CT molecular complexity index is 847. The molecule has 0 unspecified atom stereocenters. The molecule has 2 aromatic carbocycles. The van der Waals surface area contributed by atoms with E-state index in [0.717, 1.165) is 49.5 Å². The molecule has 1 aliphatic rings. The van der Waals surface area contributed by atoms with Crippen LogP contribution < -0.4 is 10.2 Å². The number of benzene rings is 2. The van der Waals surface area contributed by atoms with Gasteiger partial charge in [0, 0.05) is 44.6 Å². The summed E-state index contributed by atoms with van der Waals surface area (Å²) < 4.78 is 0. The molecule has 1 aliphatic heterocycles. The Labute approximate surface area is 179 Å². The highest BCUT2D eigenvalue weighted by Gasteiger charge is 2.28. The van der Waals surface area contributed by atoms with Crippen LogP contribution in [0.15, 0.2) is 54.6 Å². The summed E-state index contributed by atoms with van der Waals surface area (Å²) in [6, 6.07) is 17.4. The van der Waals surface area contributed by atoms with Crippen LogP contribution in [0, 0.1) is 0 Å². The summed E-state index contributed by atoms with van der Waals surface area (Å²) in [6.45, 7) is 7.51. The highest BCUT2D eigenvalue weighted by molar-refractivity contribution is 5.96. The topological polar surface area (TPSA) is 55.9 Å². The van der Waals surface area contributed by atoms with E-state index in [2.05, 4.69) is 22.0 Å². The SMILES string of the molecule is CCc1ccccc1NC(=O)CN1CCN([C@H](C)C(=O)N(C)c2ccccc2)CC1. The molecule has 0 radical (unpaired) electrons. The third kappa shape index (κ3) is 5.46. The van der Waals surface area contributed by atoms with E-state index in [1.54, 1.807) is 4.90 Å². The van der Waals surface area contributed by atoms with E-state index in [9.17, 15) is 9.59 Å². The van der Waals surface area contributed by atoms with E-state index >= 15 is 0 Å². The predicted octanol–water partition coefficient (Wildman–Crippen LogP) is 2.86. The summed E-state index contributed by atoms with van der Waals surface area (Å²) in [4.78, 5) is 31.4. The number of para-hydroxylation sites is 2. The van der Waals surface area contributed by atoms with Crippen molar-refractivity contribution in [2.45, 2.75) is 26.3 Å². The molecular formula is C24H32N4O2. The first kappa shape index (κ1) is 22.0. The van der Waals surface area contributed by atoms with Crippen molar-refractivity contribution in [3.63, 3.8) is 0 Å². The second-order valence-electron chi connectivity index (χ2n) is 7.78. The molecule has 160 valence electrons. The summed E-state index contributed by atoms with van der Waals surface area (Å²) in [5.41, 5.74) is 2.94. The standard InChI is InChI=1S/C24H32N4O2/c1-4-20-10-8-9-13-22(20)25-23(29)18-27-14-16-28(17-15-27)19(2)24(30)26(3)21-11-6-5-7-12-21/h5-13,19H,4,14-18H2,1-3H3,(H,25,29)/t19-/m1/s1. The van der Waals surface area contributed by atoms with Gasteiger partial charge in [0.1, 0.15) is 0 Å². The van der Waals surface area contributed by atoms with E-state index in [1.807, 2.05) is 68.6 Å². The molecular weight excluding hydrogens is 376 g/mol. The Kier molecular flexibility index (Phi) is 7.60. The number of carbonyl (C=O) groups excluding carboxylic acids is 2. The maximum absolute atomic E-state index is 12.9. The minimum atomic E-state index is -0.192. The first-order valence-corrected chi connectivity index (χ1v) is 10.7. The van der Waals surface area contributed by atoms with E-state index < -0.39 is 0 Å². The third-order valence-electron chi connectivity index (χ3n) is 5.83. The van der Waals surface area contributed by atoms with Crippen molar-refractivity contribution in [2.75, 3.05) is 50.0 Å². The molecule has 1 saturated heterocycles. The van der Waals surface area contributed by atoms with Crippen LogP contribution in [0.5, 0.6) is 0 Å². The number of piperazine rings is 1. The fourth-order valence-corrected chi connectivity index (χ4v) is 3.87. The van der Waals surface area contributed by atoms with Crippen molar-refractivity contribution in [3.05, 3.63) is 60.2 Å². The summed E-state index contributed by atoms with van der Waals surface area (Å²) >= 11 is 0. The quantitative estimate of drug-likeness (QED) is 0.766. The molecule has 2 amide bonds. The molecule has 1 atom stereocenters. The Balaban J connectivity index is 1.48. The van der Waals surface area contributed by atoms with Gasteiger partial charge in [-0.15, -0.1) is 0 Å². The molecule has 30 heavy (non-hydrogen) atoms. The van der Waals surface area contributed by atoms with Gasteiger partial charge in [-0.05, 0) is 37.1 Å². The zero-order chi connectivity index (χ0) is 21.5. The van der Waals surface area contributed by atoms with Crippen LogP contribution in [-0.4, -0.2) is 67.4 Å². The molecule has 0 aromatic heterocycles. The van der Waals surface area contributed by atoms with Gasteiger partial charge in [-0.3, -0.25) is 19.4 Å². The largest absolute Gasteiger partial charge is 0.325 e. The van der Waals surface area contributed by atoms with Gasteiger partial charge in [0.15, 0.2) is 0 Å². The van der Waals surface area contributed by atoms with Crippen LogP contribution in [0.25, 0.3) is 0 Å². The fourth-order valence-electron chi connectivity index (χ4n) is 3.87. The molecule has 1 heterocycles. The van der Waals surface area contributed by atoms with Gasteiger partial charge >= 0.3 is 0 Å². The summed E-state index contributed by atoms with van der Waals surface area (Å²) in [7, 11) is 1.82. The molecule has 2 aromatic rings. The monoisotopic (exact) mass is 408 g/mol. The van der Waals surface area contributed by atoms with E-state index in [0.29, 0.717) is 6.54 Å². The Hall–Kier alpha value is -2.70. The number of likely N-dealkylation sites (N-methyl/N-ethyl adjacent to an activating group) is 1. The molecule has 0 spiro atoms. The maximum Gasteiger partial charge on any atom is 0.243 e. The van der Waals surface area contributed by atoms with Gasteiger partial charge in [0.25, 0.3) is 0 Å². The van der Waals surface area contributed by atoms with Crippen LogP contribution >= 0.6 is 0 Å². The molecule has 1 fully saturated rings. The molecule has 3 rings (SSSR count). The van der Waals surface area contributed by atoms with Crippen LogP contribution in [0.1, 0.15) is 19.4 Å². The van der Waals surface area contributed by atoms with E-state index in [1.165, 1.54) is 0 Å². The third-order valence-corrected chi connectivity index (χ3v) is 5.83. The smallest absolute Gasteiger partial charge is 0.243 e. The lowest BCUT2D eigenvalue weighted by molar-refractivity contribution is -0.124. The lowest BCUT2D eigenvalue weighted by Gasteiger charge is -2.38. The fraction of sp³-hybridized carbons (Fsp3) is 0.417. The van der Waals surface area contributed by atoms with Gasteiger partial charge in [-0.25, -0.2) is 0 Å². The molecule has 1 N–H and O–H groups in total. The highest BCUT2D eigenvalue weighted by Crippen LogP contribution is 2.17. The number of anilines is 2. The second-order valence-corrected chi connectivity index (χ2v) is 7.78. The van der Waals surface area contributed by atoms with Gasteiger partial charge in [0.2, 0.25) is 11.8 Å². The van der Waals surface area contributed by atoms with Crippen molar-refractivity contribution in [2.24, 2.45) is 0 Å². The van der Waals surface area contributed by atoms with Gasteiger partial charge in [-0.2, -0.15) is 0 Å². The zero-order valence-corrected chi connectivity index (χ0v) is 18.2. The average molecular weight is 409 g/mol. The van der Waals surface area contributed by atoms with Gasteiger partial charge in [-0.1, -0.05) is 43.3 Å². The summed E-state index contributed by atoms with van der Waals surface area (Å²) in [5.74, 6) is 0.0980. The van der Waals surface area contributed by atoms with Crippen molar-refractivity contribution < 1.29 is 9.59 Å². The summed E-state index contributed by atoms with van der Waals surface area (Å²) in [5, 5.41) is 3.04. The average Bonchev–Trinajstić information content (AvgIpc) is 2.79. The second kappa shape index (κ2) is 10.4.